The maximum absolute atomic E-state index is 12.5. The van der Waals surface area contributed by atoms with Crippen LogP contribution in [0.2, 0.25) is 5.02 Å². The van der Waals surface area contributed by atoms with Gasteiger partial charge in [-0.25, -0.2) is 0 Å². The molecular formula is C25H20ClN3O3. The first kappa shape index (κ1) is 22.6. The molecule has 0 saturated carbocycles. The van der Waals surface area contributed by atoms with Gasteiger partial charge in [0.2, 0.25) is 5.91 Å². The molecule has 0 aliphatic rings. The molecule has 2 N–H and O–H groups in total. The Kier molecular flexibility index (Phi) is 7.63. The van der Waals surface area contributed by atoms with E-state index in [0.717, 1.165) is 5.56 Å². The molecule has 0 radical (unpaired) electrons. The van der Waals surface area contributed by atoms with Gasteiger partial charge in [0.05, 0.1) is 0 Å². The van der Waals surface area contributed by atoms with Crippen molar-refractivity contribution in [3.05, 3.63) is 94.5 Å². The fraction of sp³-hybridized carbons (Fsp3) is 0.0800. The third kappa shape index (κ3) is 6.73. The fourth-order valence-corrected chi connectivity index (χ4v) is 2.89. The lowest BCUT2D eigenvalue weighted by Crippen LogP contribution is -2.13. The van der Waals surface area contributed by atoms with Crippen LogP contribution in [-0.2, 0) is 16.2 Å². The smallest absolute Gasteiger partial charge is 0.266 e. The van der Waals surface area contributed by atoms with E-state index >= 15 is 0 Å². The molecule has 0 unspecified atom stereocenters. The van der Waals surface area contributed by atoms with Gasteiger partial charge in [-0.2, -0.15) is 5.26 Å². The number of hydrogen-bond donors (Lipinski definition) is 2. The van der Waals surface area contributed by atoms with Crippen molar-refractivity contribution in [2.75, 3.05) is 10.6 Å². The molecule has 0 atom stereocenters. The molecule has 7 heteroatoms. The fourth-order valence-electron chi connectivity index (χ4n) is 2.76. The van der Waals surface area contributed by atoms with Gasteiger partial charge in [0.15, 0.2) is 0 Å². The SMILES string of the molecule is CC(=O)Nc1ccc(NC(=O)/C(C#N)=C\c2ccc(OCc3ccc(Cl)cc3)cc2)cc1. The van der Waals surface area contributed by atoms with Gasteiger partial charge < -0.3 is 15.4 Å². The van der Waals surface area contributed by atoms with E-state index in [0.29, 0.717) is 34.3 Å². The molecule has 0 fully saturated rings. The molecule has 0 aromatic heterocycles. The average Bonchev–Trinajstić information content (AvgIpc) is 2.79. The second-order valence-electron chi connectivity index (χ2n) is 6.87. The number of nitrogens with zero attached hydrogens (tertiary/aromatic N) is 1. The van der Waals surface area contributed by atoms with Crippen molar-refractivity contribution in [2.24, 2.45) is 0 Å². The van der Waals surface area contributed by atoms with Gasteiger partial charge >= 0.3 is 0 Å². The highest BCUT2D eigenvalue weighted by Crippen LogP contribution is 2.18. The first-order chi connectivity index (χ1) is 15.4. The van der Waals surface area contributed by atoms with Crippen LogP contribution in [0.4, 0.5) is 11.4 Å². The van der Waals surface area contributed by atoms with Crippen molar-refractivity contribution in [2.45, 2.75) is 13.5 Å². The van der Waals surface area contributed by atoms with E-state index in [1.807, 2.05) is 18.2 Å². The zero-order valence-electron chi connectivity index (χ0n) is 17.3. The van der Waals surface area contributed by atoms with E-state index in [4.69, 9.17) is 16.3 Å². The van der Waals surface area contributed by atoms with E-state index in [1.165, 1.54) is 13.0 Å². The van der Waals surface area contributed by atoms with Crippen molar-refractivity contribution in [1.82, 2.24) is 0 Å². The van der Waals surface area contributed by atoms with Crippen LogP contribution in [0.15, 0.2) is 78.4 Å². The molecule has 32 heavy (non-hydrogen) atoms. The molecule has 160 valence electrons. The summed E-state index contributed by atoms with van der Waals surface area (Å²) in [5.74, 6) is -0.0416. The van der Waals surface area contributed by atoms with Gasteiger partial charge in [-0.3, -0.25) is 9.59 Å². The van der Waals surface area contributed by atoms with Crippen molar-refractivity contribution in [1.29, 1.82) is 5.26 Å². The van der Waals surface area contributed by atoms with E-state index in [-0.39, 0.29) is 11.5 Å². The molecule has 0 saturated heterocycles. The normalized spacial score (nSPS) is 10.7. The van der Waals surface area contributed by atoms with Crippen LogP contribution in [0, 0.1) is 11.3 Å². The Morgan fingerprint density at radius 2 is 1.53 bits per heavy atom. The molecule has 0 spiro atoms. The van der Waals surface area contributed by atoms with Crippen LogP contribution in [0.1, 0.15) is 18.1 Å². The van der Waals surface area contributed by atoms with Crippen LogP contribution in [0.25, 0.3) is 6.08 Å². The van der Waals surface area contributed by atoms with Gasteiger partial charge in [0.1, 0.15) is 24.0 Å². The lowest BCUT2D eigenvalue weighted by Gasteiger charge is -2.08. The summed E-state index contributed by atoms with van der Waals surface area (Å²) in [4.78, 5) is 23.5. The lowest BCUT2D eigenvalue weighted by atomic mass is 10.1. The minimum Gasteiger partial charge on any atom is -0.489 e. The molecular weight excluding hydrogens is 426 g/mol. The molecule has 0 aliphatic heterocycles. The zero-order valence-corrected chi connectivity index (χ0v) is 18.0. The summed E-state index contributed by atoms with van der Waals surface area (Å²) < 4.78 is 5.74. The molecule has 3 aromatic carbocycles. The van der Waals surface area contributed by atoms with E-state index in [2.05, 4.69) is 10.6 Å². The Hall–Kier alpha value is -4.08. The monoisotopic (exact) mass is 445 g/mol. The number of ether oxygens (including phenoxy) is 1. The maximum atomic E-state index is 12.5. The molecule has 0 heterocycles. The summed E-state index contributed by atoms with van der Waals surface area (Å²) in [5, 5.41) is 15.4. The highest BCUT2D eigenvalue weighted by molar-refractivity contribution is 6.30. The molecule has 3 aromatic rings. The van der Waals surface area contributed by atoms with Crippen LogP contribution in [-0.4, -0.2) is 11.8 Å². The Morgan fingerprint density at radius 3 is 2.09 bits per heavy atom. The van der Waals surface area contributed by atoms with Gasteiger partial charge in [0, 0.05) is 23.3 Å². The van der Waals surface area contributed by atoms with E-state index < -0.39 is 5.91 Å². The van der Waals surface area contributed by atoms with Crippen molar-refractivity contribution < 1.29 is 14.3 Å². The van der Waals surface area contributed by atoms with Crippen LogP contribution >= 0.6 is 11.6 Å². The number of anilines is 2. The highest BCUT2D eigenvalue weighted by Gasteiger charge is 2.10. The third-order valence-corrected chi connectivity index (χ3v) is 4.59. The van der Waals surface area contributed by atoms with Gasteiger partial charge in [-0.05, 0) is 65.7 Å². The van der Waals surface area contributed by atoms with E-state index in [1.54, 1.807) is 60.7 Å². The number of hydrogen-bond acceptors (Lipinski definition) is 4. The van der Waals surface area contributed by atoms with Gasteiger partial charge in [-0.15, -0.1) is 0 Å². The number of halogens is 1. The topological polar surface area (TPSA) is 91.2 Å². The Labute approximate surface area is 191 Å². The third-order valence-electron chi connectivity index (χ3n) is 4.34. The number of amides is 2. The first-order valence-corrected chi connectivity index (χ1v) is 10.1. The number of carbonyl (C=O) groups excluding carboxylic acids is 2. The number of rotatable bonds is 7. The summed E-state index contributed by atoms with van der Waals surface area (Å²) in [7, 11) is 0. The standard InChI is InChI=1S/C25H20ClN3O3/c1-17(30)28-22-8-10-23(11-9-22)29-25(31)20(15-27)14-18-4-12-24(13-5-18)32-16-19-2-6-21(26)7-3-19/h2-14H,16H2,1H3,(H,28,30)(H,29,31)/b20-14-. The average molecular weight is 446 g/mol. The van der Waals surface area contributed by atoms with Gasteiger partial charge in [-0.1, -0.05) is 35.9 Å². The summed E-state index contributed by atoms with van der Waals surface area (Å²) in [6.45, 7) is 1.82. The minimum absolute atomic E-state index is 0.0363. The van der Waals surface area contributed by atoms with Crippen LogP contribution in [0.5, 0.6) is 5.75 Å². The molecule has 0 bridgehead atoms. The second-order valence-corrected chi connectivity index (χ2v) is 7.30. The highest BCUT2D eigenvalue weighted by atomic mass is 35.5. The van der Waals surface area contributed by atoms with Gasteiger partial charge in [0.25, 0.3) is 5.91 Å². The lowest BCUT2D eigenvalue weighted by molar-refractivity contribution is -0.114. The summed E-state index contributed by atoms with van der Waals surface area (Å²) in [6, 6.07) is 23.0. The maximum Gasteiger partial charge on any atom is 0.266 e. The van der Waals surface area contributed by atoms with E-state index in [9.17, 15) is 14.9 Å². The molecule has 2 amide bonds. The Balaban J connectivity index is 1.61. The zero-order chi connectivity index (χ0) is 22.9. The minimum atomic E-state index is -0.525. The number of nitriles is 1. The predicted molar refractivity (Wildman–Crippen MR) is 125 cm³/mol. The Bertz CT molecular complexity index is 1160. The molecule has 0 aliphatic carbocycles. The molecule has 3 rings (SSSR count). The van der Waals surface area contributed by atoms with Crippen molar-refractivity contribution >= 4 is 40.9 Å². The summed E-state index contributed by atoms with van der Waals surface area (Å²) in [5.41, 5.74) is 2.77. The molecule has 6 nitrogen and oxygen atoms in total. The van der Waals surface area contributed by atoms with Crippen molar-refractivity contribution in [3.8, 4) is 11.8 Å². The Morgan fingerprint density at radius 1 is 0.938 bits per heavy atom. The van der Waals surface area contributed by atoms with Crippen LogP contribution < -0.4 is 15.4 Å². The second kappa shape index (κ2) is 10.8. The van der Waals surface area contributed by atoms with Crippen molar-refractivity contribution in [3.63, 3.8) is 0 Å². The summed E-state index contributed by atoms with van der Waals surface area (Å²) in [6.07, 6.45) is 1.50. The summed E-state index contributed by atoms with van der Waals surface area (Å²) >= 11 is 5.88. The quantitative estimate of drug-likeness (QED) is 0.375. The first-order valence-electron chi connectivity index (χ1n) is 9.71. The van der Waals surface area contributed by atoms with Crippen LogP contribution in [0.3, 0.4) is 0 Å². The number of nitrogens with one attached hydrogen (secondary N) is 2. The predicted octanol–water partition coefficient (Wildman–Crippen LogP) is 5.42. The number of carbonyl (C=O) groups is 2. The largest absolute Gasteiger partial charge is 0.489 e. The number of benzene rings is 3.